The Morgan fingerprint density at radius 2 is 0.746 bits per heavy atom. The first-order chi connectivity index (χ1) is 30.7. The topological polar surface area (TPSA) is 124 Å². The van der Waals surface area contributed by atoms with Crippen LogP contribution in [0.1, 0.15) is 145 Å². The van der Waals surface area contributed by atoms with Crippen molar-refractivity contribution in [3.05, 3.63) is 143 Å². The van der Waals surface area contributed by atoms with Crippen LogP contribution >= 0.6 is 0 Å². The lowest BCUT2D eigenvalue weighted by molar-refractivity contribution is 0.0723. The van der Waals surface area contributed by atoms with Gasteiger partial charge in [-0.2, -0.15) is 0 Å². The molecule has 0 aliphatic rings. The van der Waals surface area contributed by atoms with Gasteiger partial charge in [0.25, 0.3) is 0 Å². The number of ether oxygens (including phenoxy) is 6. The van der Waals surface area contributed by atoms with Crippen LogP contribution in [0.25, 0.3) is 0 Å². The minimum Gasteiger partial charge on any atom is -0.494 e. The summed E-state index contributed by atoms with van der Waals surface area (Å²) in [6.07, 6.45) is 16.6. The van der Waals surface area contributed by atoms with Gasteiger partial charge in [-0.15, -0.1) is 0 Å². The van der Waals surface area contributed by atoms with Gasteiger partial charge in [0.2, 0.25) is 0 Å². The van der Waals surface area contributed by atoms with E-state index < -0.39 is 29.7 Å². The number of carbonyl (C=O) groups excluding carboxylic acids is 4. The van der Waals surface area contributed by atoms with Crippen LogP contribution in [0.3, 0.4) is 0 Å². The molecule has 0 saturated heterocycles. The minimum atomic E-state index is -0.776. The second kappa shape index (κ2) is 26.1. The Hall–Kier alpha value is -6.49. The summed E-state index contributed by atoms with van der Waals surface area (Å²) < 4.78 is 47.8. The average molecular weight is 861 g/mol. The number of esters is 4. The van der Waals surface area contributed by atoms with Crippen LogP contribution in [0.2, 0.25) is 0 Å². The van der Waals surface area contributed by atoms with Crippen molar-refractivity contribution < 1.29 is 52.0 Å². The van der Waals surface area contributed by atoms with E-state index >= 15 is 0 Å². The maximum absolute atomic E-state index is 14.6. The average Bonchev–Trinajstić information content (AvgIpc) is 3.29. The molecule has 0 radical (unpaired) electrons. The second-order valence-electron chi connectivity index (χ2n) is 15.2. The molecule has 11 heteroatoms. The van der Waals surface area contributed by atoms with Gasteiger partial charge < -0.3 is 28.4 Å². The molecule has 0 aromatic heterocycles. The Balaban J connectivity index is 1.02. The van der Waals surface area contributed by atoms with Crippen molar-refractivity contribution in [2.45, 2.75) is 104 Å². The van der Waals surface area contributed by atoms with Gasteiger partial charge in [-0.05, 0) is 116 Å². The van der Waals surface area contributed by atoms with E-state index in [9.17, 15) is 23.6 Å². The van der Waals surface area contributed by atoms with Crippen LogP contribution in [0.5, 0.6) is 34.5 Å². The van der Waals surface area contributed by atoms with Gasteiger partial charge in [-0.25, -0.2) is 23.6 Å². The van der Waals surface area contributed by atoms with Gasteiger partial charge in [-0.1, -0.05) is 97.0 Å². The third-order valence-corrected chi connectivity index (χ3v) is 10.1. The predicted molar refractivity (Wildman–Crippen MR) is 239 cm³/mol. The van der Waals surface area contributed by atoms with E-state index in [4.69, 9.17) is 28.4 Å². The summed E-state index contributed by atoms with van der Waals surface area (Å²) in [6, 6.07) is 28.3. The van der Waals surface area contributed by atoms with Crippen LogP contribution in [-0.4, -0.2) is 37.1 Å². The summed E-state index contributed by atoms with van der Waals surface area (Å²) in [5.74, 6) is -1.99. The van der Waals surface area contributed by atoms with Crippen LogP contribution in [-0.2, 0) is 0 Å². The third kappa shape index (κ3) is 16.4. The standard InChI is InChI=1S/C52H57FO10/c1-3-5-7-9-10-11-12-13-14-16-34-58-42-27-20-38(21-28-42)49(54)60-43-29-22-39(23-30-43)50(55)62-45-18-17-19-46(37-45)63-51(56)40-24-31-44(32-25-40)61-52(57)41-26-33-48(47(53)36-41)59-35-15-8-6-4-2/h17-33,36-37H,3-16,34-35H2,1-2H3. The largest absolute Gasteiger partial charge is 0.494 e. The molecule has 0 heterocycles. The lowest BCUT2D eigenvalue weighted by atomic mass is 10.1. The Kier molecular flexibility index (Phi) is 19.7. The van der Waals surface area contributed by atoms with Crippen molar-refractivity contribution >= 4 is 23.9 Å². The van der Waals surface area contributed by atoms with E-state index in [0.29, 0.717) is 24.5 Å². The van der Waals surface area contributed by atoms with Gasteiger partial charge in [0.1, 0.15) is 28.7 Å². The van der Waals surface area contributed by atoms with Crippen LogP contribution in [0.15, 0.2) is 115 Å². The van der Waals surface area contributed by atoms with E-state index in [1.54, 1.807) is 30.3 Å². The number of halogens is 1. The van der Waals surface area contributed by atoms with Crippen molar-refractivity contribution in [3.63, 3.8) is 0 Å². The third-order valence-electron chi connectivity index (χ3n) is 10.1. The smallest absolute Gasteiger partial charge is 0.343 e. The Morgan fingerprint density at radius 3 is 1.21 bits per heavy atom. The van der Waals surface area contributed by atoms with Crippen LogP contribution < -0.4 is 28.4 Å². The number of unbranched alkanes of at least 4 members (excludes halogenated alkanes) is 12. The molecule has 0 unspecified atom stereocenters. The number of hydrogen-bond acceptors (Lipinski definition) is 10. The maximum Gasteiger partial charge on any atom is 0.343 e. The molecule has 0 aliphatic heterocycles. The maximum atomic E-state index is 14.6. The van der Waals surface area contributed by atoms with E-state index in [0.717, 1.165) is 44.6 Å². The first-order valence-electron chi connectivity index (χ1n) is 22.1. The number of rotatable bonds is 26. The molecule has 0 spiro atoms. The fourth-order valence-corrected chi connectivity index (χ4v) is 6.51. The Labute approximate surface area is 369 Å². The number of benzene rings is 5. The molecule has 0 amide bonds. The van der Waals surface area contributed by atoms with Crippen molar-refractivity contribution in [2.24, 2.45) is 0 Å². The zero-order chi connectivity index (χ0) is 44.7. The van der Waals surface area contributed by atoms with E-state index in [-0.39, 0.29) is 45.4 Å². The lowest BCUT2D eigenvalue weighted by Gasteiger charge is -2.10. The molecule has 0 atom stereocenters. The summed E-state index contributed by atoms with van der Waals surface area (Å²) in [4.78, 5) is 51.3. The zero-order valence-electron chi connectivity index (χ0n) is 36.2. The monoisotopic (exact) mass is 860 g/mol. The molecule has 0 fully saturated rings. The lowest BCUT2D eigenvalue weighted by Crippen LogP contribution is -2.11. The van der Waals surface area contributed by atoms with Crippen molar-refractivity contribution in [1.29, 1.82) is 0 Å². The highest BCUT2D eigenvalue weighted by Crippen LogP contribution is 2.25. The molecule has 0 bridgehead atoms. The molecule has 10 nitrogen and oxygen atoms in total. The summed E-state index contributed by atoms with van der Waals surface area (Å²) in [6.45, 7) is 5.36. The Morgan fingerprint density at radius 1 is 0.381 bits per heavy atom. The fraction of sp³-hybridized carbons (Fsp3) is 0.346. The normalized spacial score (nSPS) is 10.8. The fourth-order valence-electron chi connectivity index (χ4n) is 6.51. The number of hydrogen-bond donors (Lipinski definition) is 0. The van der Waals surface area contributed by atoms with Crippen molar-refractivity contribution in [3.8, 4) is 34.5 Å². The first kappa shape index (κ1) is 47.6. The quantitative estimate of drug-likeness (QED) is 0.0301. The summed E-state index contributed by atoms with van der Waals surface area (Å²) in [5, 5.41) is 0. The van der Waals surface area contributed by atoms with Crippen molar-refractivity contribution in [2.75, 3.05) is 13.2 Å². The SMILES string of the molecule is CCCCCCCCCCCCOc1ccc(C(=O)Oc2ccc(C(=O)Oc3cccc(OC(=O)c4ccc(OC(=O)c5ccc(OCCCCCC)c(F)c5)cc4)c3)cc2)cc1. The molecule has 0 aliphatic carbocycles. The van der Waals surface area contributed by atoms with Crippen LogP contribution in [0, 0.1) is 5.82 Å². The summed E-state index contributed by atoms with van der Waals surface area (Å²) >= 11 is 0. The molecule has 5 aromatic rings. The van der Waals surface area contributed by atoms with E-state index in [2.05, 4.69) is 13.8 Å². The van der Waals surface area contributed by atoms with Crippen molar-refractivity contribution in [1.82, 2.24) is 0 Å². The van der Waals surface area contributed by atoms with Gasteiger partial charge in [0.05, 0.1) is 35.5 Å². The van der Waals surface area contributed by atoms with E-state index in [1.807, 2.05) is 0 Å². The molecule has 5 aromatic carbocycles. The molecule has 0 N–H and O–H groups in total. The van der Waals surface area contributed by atoms with Gasteiger partial charge >= 0.3 is 23.9 Å². The number of carbonyl (C=O) groups is 4. The predicted octanol–water partition coefficient (Wildman–Crippen LogP) is 13.0. The molecular weight excluding hydrogens is 804 g/mol. The summed E-state index contributed by atoms with van der Waals surface area (Å²) in [7, 11) is 0. The minimum absolute atomic E-state index is 0.00516. The first-order valence-corrected chi connectivity index (χ1v) is 22.1. The molecular formula is C52H57FO10. The summed E-state index contributed by atoms with van der Waals surface area (Å²) in [5.41, 5.74) is 0.723. The molecule has 5 rings (SSSR count). The molecule has 0 saturated carbocycles. The highest BCUT2D eigenvalue weighted by Gasteiger charge is 2.16. The van der Waals surface area contributed by atoms with Gasteiger partial charge in [0.15, 0.2) is 11.6 Å². The van der Waals surface area contributed by atoms with Gasteiger partial charge in [0, 0.05) is 6.07 Å². The second-order valence-corrected chi connectivity index (χ2v) is 15.2. The Bertz CT molecular complexity index is 2200. The highest BCUT2D eigenvalue weighted by molar-refractivity contribution is 5.94. The zero-order valence-corrected chi connectivity index (χ0v) is 36.2. The van der Waals surface area contributed by atoms with Crippen LogP contribution in [0.4, 0.5) is 4.39 Å². The van der Waals surface area contributed by atoms with E-state index in [1.165, 1.54) is 130 Å². The highest BCUT2D eigenvalue weighted by atomic mass is 19.1. The van der Waals surface area contributed by atoms with Gasteiger partial charge in [-0.3, -0.25) is 0 Å². The molecule has 63 heavy (non-hydrogen) atoms. The molecule has 332 valence electrons.